The van der Waals surface area contributed by atoms with Crippen molar-refractivity contribution in [2.45, 2.75) is 38.2 Å². The minimum absolute atomic E-state index is 0.0215. The maximum atomic E-state index is 13.4. The molecule has 1 aromatic heterocycles. The van der Waals surface area contributed by atoms with Crippen LogP contribution in [0.3, 0.4) is 0 Å². The van der Waals surface area contributed by atoms with Gasteiger partial charge in [0.1, 0.15) is 11.5 Å². The van der Waals surface area contributed by atoms with Crippen molar-refractivity contribution in [1.29, 1.82) is 0 Å². The molecule has 2 aromatic carbocycles. The predicted octanol–water partition coefficient (Wildman–Crippen LogP) is 5.55. The molecule has 1 fully saturated rings. The summed E-state index contributed by atoms with van der Waals surface area (Å²) in [6.07, 6.45) is 7.26. The van der Waals surface area contributed by atoms with E-state index < -0.39 is 12.5 Å². The fourth-order valence-corrected chi connectivity index (χ4v) is 3.46. The normalized spacial score (nSPS) is 14.6. The van der Waals surface area contributed by atoms with Crippen LogP contribution in [0.2, 0.25) is 0 Å². The molecule has 33 heavy (non-hydrogen) atoms. The molecule has 1 N–H and O–H groups in total. The van der Waals surface area contributed by atoms with Crippen LogP contribution in [0, 0.1) is 0 Å². The summed E-state index contributed by atoms with van der Waals surface area (Å²) in [7, 11) is 0. The van der Waals surface area contributed by atoms with Crippen molar-refractivity contribution in [1.82, 2.24) is 4.90 Å². The molecule has 1 amide bonds. The van der Waals surface area contributed by atoms with Gasteiger partial charge in [-0.25, -0.2) is 0 Å². The number of carbonyl (C=O) groups excluding carboxylic acids is 1. The summed E-state index contributed by atoms with van der Waals surface area (Å²) in [4.78, 5) is 25.6. The molecule has 1 heterocycles. The highest BCUT2D eigenvalue weighted by molar-refractivity contribution is 5.95. The highest BCUT2D eigenvalue weighted by atomic mass is 16.5. The lowest BCUT2D eigenvalue weighted by Gasteiger charge is -2.24. The van der Waals surface area contributed by atoms with Gasteiger partial charge in [0.05, 0.1) is 20.7 Å². The van der Waals surface area contributed by atoms with Gasteiger partial charge < -0.3 is 19.2 Å². The van der Waals surface area contributed by atoms with Crippen molar-refractivity contribution in [3.05, 3.63) is 90.2 Å². The molecule has 6 heteroatoms. The van der Waals surface area contributed by atoms with Crippen molar-refractivity contribution in [2.24, 2.45) is 0 Å². The topological polar surface area (TPSA) is 80.0 Å². The van der Waals surface area contributed by atoms with Crippen molar-refractivity contribution < 1.29 is 25.2 Å². The molecule has 0 spiro atoms. The van der Waals surface area contributed by atoms with Crippen LogP contribution in [-0.4, -0.2) is 34.5 Å². The van der Waals surface area contributed by atoms with Gasteiger partial charge in [0.2, 0.25) is 0 Å². The lowest BCUT2D eigenvalue weighted by molar-refractivity contribution is -0.136. The standard InChI is InChI=1S/C27H27NO5/c29-26(30)10-2-1-5-17-32-25-8-4-3-7-22(25)19-28(23-15-16-23)27(31)21-13-11-20(12-14-21)24-9-6-18-33-24/h1-4,6-9,11-14,18,23H,5,10,15-17,19H2,(H,29,30)/b2-1+/i19D. The van der Waals surface area contributed by atoms with E-state index in [1.807, 2.05) is 42.5 Å². The highest BCUT2D eigenvalue weighted by Gasteiger charge is 2.33. The third-order valence-electron chi connectivity index (χ3n) is 5.31. The Labute approximate surface area is 194 Å². The van der Waals surface area contributed by atoms with Crippen LogP contribution in [0.4, 0.5) is 0 Å². The Hall–Kier alpha value is -3.80. The van der Waals surface area contributed by atoms with Crippen LogP contribution in [0.1, 0.15) is 43.0 Å². The minimum Gasteiger partial charge on any atom is -0.493 e. The molecule has 6 nitrogen and oxygen atoms in total. The van der Waals surface area contributed by atoms with E-state index in [1.54, 1.807) is 41.5 Å². The monoisotopic (exact) mass is 446 g/mol. The number of rotatable bonds is 11. The van der Waals surface area contributed by atoms with Crippen LogP contribution in [0.15, 0.2) is 83.5 Å². The Morgan fingerprint density at radius 3 is 2.58 bits per heavy atom. The van der Waals surface area contributed by atoms with E-state index in [0.717, 1.165) is 24.2 Å². The average Bonchev–Trinajstić information content (AvgIpc) is 3.52. The quantitative estimate of drug-likeness (QED) is 0.308. The number of carbonyl (C=O) groups is 2. The fourth-order valence-electron chi connectivity index (χ4n) is 3.46. The summed E-state index contributed by atoms with van der Waals surface area (Å²) in [6, 6.07) is 18.3. The SMILES string of the molecule is [2H]C(c1ccccc1OCC/C=C/CC(=O)O)N(C(=O)c1ccc(-c2ccco2)cc1)C1CC1. The number of amides is 1. The number of hydrogen-bond acceptors (Lipinski definition) is 4. The second-order valence-corrected chi connectivity index (χ2v) is 7.87. The molecular formula is C27H27NO5. The first kappa shape index (κ1) is 21.1. The Kier molecular flexibility index (Phi) is 6.82. The molecule has 0 saturated heterocycles. The lowest BCUT2D eigenvalue weighted by atomic mass is 10.1. The molecule has 1 saturated carbocycles. The molecule has 3 aromatic rings. The maximum Gasteiger partial charge on any atom is 0.307 e. The van der Waals surface area contributed by atoms with Crippen molar-refractivity contribution in [2.75, 3.05) is 6.61 Å². The first-order valence-corrected chi connectivity index (χ1v) is 11.0. The van der Waals surface area contributed by atoms with E-state index in [-0.39, 0.29) is 18.4 Å². The largest absolute Gasteiger partial charge is 0.493 e. The van der Waals surface area contributed by atoms with E-state index in [1.165, 1.54) is 0 Å². The smallest absolute Gasteiger partial charge is 0.307 e. The molecule has 1 aliphatic rings. The van der Waals surface area contributed by atoms with Crippen LogP contribution in [0.5, 0.6) is 5.75 Å². The predicted molar refractivity (Wildman–Crippen MR) is 125 cm³/mol. The van der Waals surface area contributed by atoms with Gasteiger partial charge in [-0.2, -0.15) is 0 Å². The molecule has 1 atom stereocenters. The number of nitrogens with zero attached hydrogens (tertiary/aromatic N) is 1. The van der Waals surface area contributed by atoms with E-state index in [0.29, 0.717) is 29.9 Å². The number of carboxylic acids is 1. The minimum atomic E-state index is -0.900. The second kappa shape index (κ2) is 10.7. The van der Waals surface area contributed by atoms with Crippen LogP contribution < -0.4 is 4.74 Å². The highest BCUT2D eigenvalue weighted by Crippen LogP contribution is 2.32. The summed E-state index contributed by atoms with van der Waals surface area (Å²) >= 11 is 0. The van der Waals surface area contributed by atoms with Gasteiger partial charge in [-0.1, -0.05) is 42.5 Å². The van der Waals surface area contributed by atoms with E-state index in [4.69, 9.17) is 15.6 Å². The molecule has 1 unspecified atom stereocenters. The summed E-state index contributed by atoms with van der Waals surface area (Å²) in [5.41, 5.74) is 2.05. The fraction of sp³-hybridized carbons (Fsp3) is 0.259. The van der Waals surface area contributed by atoms with Crippen LogP contribution >= 0.6 is 0 Å². The number of carboxylic acid groups (broad SMARTS) is 1. The van der Waals surface area contributed by atoms with Gasteiger partial charge >= 0.3 is 5.97 Å². The number of furan rings is 1. The Balaban J connectivity index is 1.47. The molecule has 0 aliphatic heterocycles. The summed E-state index contributed by atoms with van der Waals surface area (Å²) in [6.45, 7) is -0.547. The molecule has 1 aliphatic carbocycles. The Morgan fingerprint density at radius 1 is 1.09 bits per heavy atom. The average molecular weight is 447 g/mol. The molecule has 170 valence electrons. The van der Waals surface area contributed by atoms with Gasteiger partial charge in [0.25, 0.3) is 5.91 Å². The summed E-state index contributed by atoms with van der Waals surface area (Å²) < 4.78 is 20.3. The number of hydrogen-bond donors (Lipinski definition) is 1. The van der Waals surface area contributed by atoms with E-state index in [2.05, 4.69) is 0 Å². The molecule has 0 radical (unpaired) electrons. The van der Waals surface area contributed by atoms with Gasteiger partial charge in [-0.15, -0.1) is 0 Å². The number of para-hydroxylation sites is 1. The zero-order valence-corrected chi connectivity index (χ0v) is 18.2. The Bertz CT molecular complexity index is 1140. The van der Waals surface area contributed by atoms with Crippen LogP contribution in [0.25, 0.3) is 11.3 Å². The number of benzene rings is 2. The van der Waals surface area contributed by atoms with Gasteiger partial charge in [-0.05, 0) is 49.6 Å². The van der Waals surface area contributed by atoms with Crippen molar-refractivity contribution >= 4 is 11.9 Å². The number of ether oxygens (including phenoxy) is 1. The zero-order chi connectivity index (χ0) is 23.9. The maximum absolute atomic E-state index is 13.4. The van der Waals surface area contributed by atoms with E-state index in [9.17, 15) is 9.59 Å². The van der Waals surface area contributed by atoms with Gasteiger partial charge in [0, 0.05) is 29.3 Å². The lowest BCUT2D eigenvalue weighted by Crippen LogP contribution is -2.32. The third kappa shape index (κ3) is 6.13. The molecule has 0 bridgehead atoms. The van der Waals surface area contributed by atoms with Crippen molar-refractivity contribution in [3.63, 3.8) is 0 Å². The zero-order valence-electron chi connectivity index (χ0n) is 19.2. The van der Waals surface area contributed by atoms with Crippen LogP contribution in [-0.2, 0) is 11.3 Å². The Morgan fingerprint density at radius 2 is 1.88 bits per heavy atom. The number of aliphatic carboxylic acids is 1. The molecule has 4 rings (SSSR count). The summed E-state index contributed by atoms with van der Waals surface area (Å²) in [5, 5.41) is 8.69. The molecular weight excluding hydrogens is 418 g/mol. The summed E-state index contributed by atoms with van der Waals surface area (Å²) in [5.74, 6) is 0.237. The third-order valence-corrected chi connectivity index (χ3v) is 5.31. The second-order valence-electron chi connectivity index (χ2n) is 7.87. The van der Waals surface area contributed by atoms with E-state index >= 15 is 0 Å². The van der Waals surface area contributed by atoms with Crippen molar-refractivity contribution in [3.8, 4) is 17.1 Å². The van der Waals surface area contributed by atoms with Gasteiger partial charge in [-0.3, -0.25) is 9.59 Å². The first-order chi connectivity index (χ1) is 16.5. The first-order valence-electron chi connectivity index (χ1n) is 11.6. The van der Waals surface area contributed by atoms with Gasteiger partial charge in [0.15, 0.2) is 0 Å².